The van der Waals surface area contributed by atoms with E-state index < -0.39 is 0 Å². The summed E-state index contributed by atoms with van der Waals surface area (Å²) in [6, 6.07) is 10.7. The lowest BCUT2D eigenvalue weighted by Gasteiger charge is -2.24. The van der Waals surface area contributed by atoms with E-state index in [1.807, 2.05) is 0 Å². The molecular weight excluding hydrogens is 158 g/mol. The molecule has 1 aliphatic rings. The highest BCUT2D eigenvalue weighted by molar-refractivity contribution is 5.18. The van der Waals surface area contributed by atoms with Crippen LogP contribution in [0.1, 0.15) is 25.3 Å². The maximum atomic E-state index is 3.58. The molecule has 1 heteroatoms. The third kappa shape index (κ3) is 2.10. The molecule has 0 aromatic heterocycles. The summed E-state index contributed by atoms with van der Waals surface area (Å²) in [5.74, 6) is 0. The van der Waals surface area contributed by atoms with E-state index in [1.54, 1.807) is 0 Å². The van der Waals surface area contributed by atoms with Gasteiger partial charge in [-0.15, -0.1) is 0 Å². The van der Waals surface area contributed by atoms with Gasteiger partial charge in [0.2, 0.25) is 0 Å². The second-order valence-corrected chi connectivity index (χ2v) is 4.25. The highest BCUT2D eigenvalue weighted by atomic mass is 15.0. The Balaban J connectivity index is 2.05. The number of nitrogens with one attached hydrogen (secondary N) is 1. The number of benzene rings is 1. The Morgan fingerprint density at radius 2 is 2.08 bits per heavy atom. The third-order valence-electron chi connectivity index (χ3n) is 2.89. The Morgan fingerprint density at radius 3 is 2.69 bits per heavy atom. The standard InChI is InChI=1S/C12H17N/c1-12(8-5-9-13-12)10-11-6-3-2-4-7-11/h2-4,6-7,13H,5,8-10H2,1H3. The molecular formula is C12H17N. The summed E-state index contributed by atoms with van der Waals surface area (Å²) in [4.78, 5) is 0. The third-order valence-corrected chi connectivity index (χ3v) is 2.89. The molecule has 1 saturated heterocycles. The maximum Gasteiger partial charge on any atom is 0.0194 e. The zero-order valence-electron chi connectivity index (χ0n) is 8.22. The molecule has 0 aliphatic carbocycles. The Kier molecular flexibility index (Phi) is 2.36. The van der Waals surface area contributed by atoms with E-state index >= 15 is 0 Å². The lowest BCUT2D eigenvalue weighted by molar-refractivity contribution is 0.412. The molecule has 1 heterocycles. The summed E-state index contributed by atoms with van der Waals surface area (Å²) in [6.45, 7) is 3.51. The van der Waals surface area contributed by atoms with Crippen molar-refractivity contribution in [2.24, 2.45) is 0 Å². The minimum atomic E-state index is 0.349. The first-order chi connectivity index (χ1) is 6.29. The van der Waals surface area contributed by atoms with Crippen LogP contribution in [0, 0.1) is 0 Å². The fourth-order valence-corrected chi connectivity index (χ4v) is 2.15. The molecule has 1 aromatic carbocycles. The van der Waals surface area contributed by atoms with Gasteiger partial charge in [-0.25, -0.2) is 0 Å². The predicted octanol–water partition coefficient (Wildman–Crippen LogP) is 2.37. The van der Waals surface area contributed by atoms with Crippen molar-refractivity contribution < 1.29 is 0 Å². The van der Waals surface area contributed by atoms with Crippen molar-refractivity contribution >= 4 is 0 Å². The molecule has 0 spiro atoms. The van der Waals surface area contributed by atoms with Gasteiger partial charge in [-0.2, -0.15) is 0 Å². The molecule has 0 bridgehead atoms. The van der Waals surface area contributed by atoms with Crippen LogP contribution < -0.4 is 5.32 Å². The second kappa shape index (κ2) is 3.51. The first kappa shape index (κ1) is 8.76. The van der Waals surface area contributed by atoms with Gasteiger partial charge in [0.1, 0.15) is 0 Å². The predicted molar refractivity (Wildman–Crippen MR) is 55.8 cm³/mol. The summed E-state index contributed by atoms with van der Waals surface area (Å²) in [5.41, 5.74) is 1.79. The highest BCUT2D eigenvalue weighted by Crippen LogP contribution is 2.22. The van der Waals surface area contributed by atoms with Crippen LogP contribution in [0.2, 0.25) is 0 Å². The van der Waals surface area contributed by atoms with E-state index in [0.717, 1.165) is 6.42 Å². The average molecular weight is 175 g/mol. The minimum Gasteiger partial charge on any atom is -0.311 e. The van der Waals surface area contributed by atoms with Crippen LogP contribution in [0.5, 0.6) is 0 Å². The molecule has 13 heavy (non-hydrogen) atoms. The molecule has 1 nitrogen and oxygen atoms in total. The molecule has 0 saturated carbocycles. The van der Waals surface area contributed by atoms with Crippen LogP contribution in [-0.2, 0) is 6.42 Å². The lowest BCUT2D eigenvalue weighted by Crippen LogP contribution is -2.38. The van der Waals surface area contributed by atoms with Gasteiger partial charge in [-0.1, -0.05) is 30.3 Å². The van der Waals surface area contributed by atoms with E-state index in [4.69, 9.17) is 0 Å². The van der Waals surface area contributed by atoms with Crippen molar-refractivity contribution in [3.05, 3.63) is 35.9 Å². The first-order valence-corrected chi connectivity index (χ1v) is 5.07. The normalized spacial score (nSPS) is 27.8. The van der Waals surface area contributed by atoms with E-state index in [9.17, 15) is 0 Å². The molecule has 1 aromatic rings. The number of rotatable bonds is 2. The van der Waals surface area contributed by atoms with Crippen LogP contribution in [0.15, 0.2) is 30.3 Å². The molecule has 1 atom stereocenters. The monoisotopic (exact) mass is 175 g/mol. The second-order valence-electron chi connectivity index (χ2n) is 4.25. The SMILES string of the molecule is CC1(Cc2ccccc2)CCCN1. The van der Waals surface area contributed by atoms with Crippen molar-refractivity contribution in [1.82, 2.24) is 5.32 Å². The van der Waals surface area contributed by atoms with Crippen LogP contribution in [-0.4, -0.2) is 12.1 Å². The van der Waals surface area contributed by atoms with E-state index in [2.05, 4.69) is 42.6 Å². The van der Waals surface area contributed by atoms with Crippen LogP contribution in [0.4, 0.5) is 0 Å². The molecule has 70 valence electrons. The molecule has 1 aliphatic heterocycles. The quantitative estimate of drug-likeness (QED) is 0.727. The van der Waals surface area contributed by atoms with Gasteiger partial charge in [0.25, 0.3) is 0 Å². The Labute approximate surface area is 80.2 Å². The summed E-state index contributed by atoms with van der Waals surface area (Å²) in [6.07, 6.45) is 3.79. The zero-order valence-corrected chi connectivity index (χ0v) is 8.22. The lowest BCUT2D eigenvalue weighted by atomic mass is 9.91. The van der Waals surface area contributed by atoms with Gasteiger partial charge >= 0.3 is 0 Å². The summed E-state index contributed by atoms with van der Waals surface area (Å²) in [7, 11) is 0. The first-order valence-electron chi connectivity index (χ1n) is 5.07. The molecule has 1 fully saturated rings. The van der Waals surface area contributed by atoms with Crippen LogP contribution in [0.25, 0.3) is 0 Å². The van der Waals surface area contributed by atoms with E-state index in [-0.39, 0.29) is 0 Å². The molecule has 0 radical (unpaired) electrons. The Hall–Kier alpha value is -0.820. The minimum absolute atomic E-state index is 0.349. The topological polar surface area (TPSA) is 12.0 Å². The molecule has 2 rings (SSSR count). The van der Waals surface area contributed by atoms with Gasteiger partial charge in [0, 0.05) is 5.54 Å². The number of hydrogen-bond donors (Lipinski definition) is 1. The van der Waals surface area contributed by atoms with E-state index in [0.29, 0.717) is 5.54 Å². The van der Waals surface area contributed by atoms with Crippen molar-refractivity contribution in [3.63, 3.8) is 0 Å². The van der Waals surface area contributed by atoms with Crippen LogP contribution in [0.3, 0.4) is 0 Å². The van der Waals surface area contributed by atoms with Crippen molar-refractivity contribution in [2.45, 2.75) is 31.7 Å². The van der Waals surface area contributed by atoms with Gasteiger partial charge in [-0.05, 0) is 38.3 Å². The number of hydrogen-bond acceptors (Lipinski definition) is 1. The maximum absolute atomic E-state index is 3.58. The fraction of sp³-hybridized carbons (Fsp3) is 0.500. The fourth-order valence-electron chi connectivity index (χ4n) is 2.15. The van der Waals surface area contributed by atoms with Gasteiger partial charge < -0.3 is 5.32 Å². The van der Waals surface area contributed by atoms with Crippen molar-refractivity contribution in [3.8, 4) is 0 Å². The molecule has 1 unspecified atom stereocenters. The molecule has 1 N–H and O–H groups in total. The summed E-state index contributed by atoms with van der Waals surface area (Å²) >= 11 is 0. The Bertz CT molecular complexity index is 260. The van der Waals surface area contributed by atoms with Gasteiger partial charge in [0.05, 0.1) is 0 Å². The van der Waals surface area contributed by atoms with Gasteiger partial charge in [0.15, 0.2) is 0 Å². The average Bonchev–Trinajstić information content (AvgIpc) is 2.54. The van der Waals surface area contributed by atoms with Crippen molar-refractivity contribution in [2.75, 3.05) is 6.54 Å². The molecule has 0 amide bonds. The van der Waals surface area contributed by atoms with Gasteiger partial charge in [-0.3, -0.25) is 0 Å². The smallest absolute Gasteiger partial charge is 0.0194 e. The van der Waals surface area contributed by atoms with Crippen molar-refractivity contribution in [1.29, 1.82) is 0 Å². The van der Waals surface area contributed by atoms with E-state index in [1.165, 1.54) is 24.9 Å². The zero-order chi connectivity index (χ0) is 9.15. The highest BCUT2D eigenvalue weighted by Gasteiger charge is 2.27. The Morgan fingerprint density at radius 1 is 1.31 bits per heavy atom. The summed E-state index contributed by atoms with van der Waals surface area (Å²) < 4.78 is 0. The summed E-state index contributed by atoms with van der Waals surface area (Å²) in [5, 5.41) is 3.58. The van der Waals surface area contributed by atoms with Crippen LogP contribution >= 0.6 is 0 Å². The largest absolute Gasteiger partial charge is 0.311 e.